The van der Waals surface area contributed by atoms with Crippen LogP contribution in [0.15, 0.2) is 36.4 Å². The summed E-state index contributed by atoms with van der Waals surface area (Å²) in [7, 11) is 1.61. The number of fused-ring (bicyclic) bond motifs is 1. The van der Waals surface area contributed by atoms with Gasteiger partial charge >= 0.3 is 29.6 Å². The van der Waals surface area contributed by atoms with Crippen LogP contribution < -0.4 is 39.4 Å². The number of ether oxygens (including phenoxy) is 1. The summed E-state index contributed by atoms with van der Waals surface area (Å²) >= 11 is 0. The molecule has 18 heavy (non-hydrogen) atoms. The molecule has 88 valence electrons. The molecule has 0 fully saturated rings. The van der Waals surface area contributed by atoms with Crippen LogP contribution in [0.4, 0.5) is 0 Å². The monoisotopic (exact) mass is 252 g/mol. The van der Waals surface area contributed by atoms with Crippen LogP contribution in [0, 0.1) is 0 Å². The Morgan fingerprint density at radius 3 is 2.61 bits per heavy atom. The topological polar surface area (TPSA) is 49.4 Å². The number of carbonyl (C=O) groups excluding carboxylic acids is 1. The Morgan fingerprint density at radius 2 is 2.00 bits per heavy atom. The summed E-state index contributed by atoms with van der Waals surface area (Å²) < 4.78 is 5.14. The van der Waals surface area contributed by atoms with Crippen LogP contribution in [-0.2, 0) is 4.79 Å². The predicted molar refractivity (Wildman–Crippen MR) is 63.9 cm³/mol. The van der Waals surface area contributed by atoms with E-state index in [0.717, 1.165) is 22.1 Å². The van der Waals surface area contributed by atoms with Crippen LogP contribution >= 0.6 is 0 Å². The molecule has 0 radical (unpaired) electrons. The van der Waals surface area contributed by atoms with Crippen molar-refractivity contribution in [2.75, 3.05) is 7.11 Å². The number of hydrogen-bond donors (Lipinski definition) is 0. The maximum Gasteiger partial charge on any atom is 1.00 e. The number of carboxylic acids is 1. The van der Waals surface area contributed by atoms with Crippen molar-refractivity contribution >= 4 is 16.7 Å². The quantitative estimate of drug-likeness (QED) is 0.638. The SMILES string of the molecule is COc1ccc2c(C(C)C(=O)[O-])cccc2c1.[Na+]. The number of rotatable bonds is 3. The van der Waals surface area contributed by atoms with E-state index in [1.807, 2.05) is 36.4 Å². The number of benzene rings is 2. The van der Waals surface area contributed by atoms with Crippen molar-refractivity contribution in [1.82, 2.24) is 0 Å². The Labute approximate surface area is 128 Å². The Bertz CT molecular complexity index is 566. The molecule has 0 saturated heterocycles. The van der Waals surface area contributed by atoms with Gasteiger partial charge in [-0.15, -0.1) is 0 Å². The van der Waals surface area contributed by atoms with Gasteiger partial charge < -0.3 is 14.6 Å². The second-order valence-corrected chi connectivity index (χ2v) is 3.98. The number of aliphatic carboxylic acids is 1. The molecule has 1 atom stereocenters. The Kier molecular flexibility index (Phi) is 5.20. The maximum atomic E-state index is 10.9. The predicted octanol–water partition coefficient (Wildman–Crippen LogP) is -1.29. The molecule has 2 rings (SSSR count). The van der Waals surface area contributed by atoms with Crippen LogP contribution in [-0.4, -0.2) is 13.1 Å². The molecule has 0 bridgehead atoms. The van der Waals surface area contributed by atoms with Crippen molar-refractivity contribution in [2.24, 2.45) is 0 Å². The second-order valence-electron chi connectivity index (χ2n) is 3.98. The van der Waals surface area contributed by atoms with E-state index >= 15 is 0 Å². The molecule has 0 heterocycles. The molecule has 3 nitrogen and oxygen atoms in total. The van der Waals surface area contributed by atoms with Gasteiger partial charge in [-0.3, -0.25) is 0 Å². The first kappa shape index (κ1) is 15.0. The minimum atomic E-state index is -1.06. The summed E-state index contributed by atoms with van der Waals surface area (Å²) in [5.41, 5.74) is 0.769. The number of carbonyl (C=O) groups is 1. The molecule has 0 N–H and O–H groups in total. The third-order valence-electron chi connectivity index (χ3n) is 2.94. The molecule has 1 unspecified atom stereocenters. The first-order valence-corrected chi connectivity index (χ1v) is 5.41. The van der Waals surface area contributed by atoms with E-state index < -0.39 is 11.9 Å². The van der Waals surface area contributed by atoms with Crippen LogP contribution in [0.2, 0.25) is 0 Å². The van der Waals surface area contributed by atoms with Gasteiger partial charge in [-0.1, -0.05) is 31.2 Å². The van der Waals surface area contributed by atoms with E-state index in [0.29, 0.717) is 0 Å². The molecule has 0 spiro atoms. The smallest absolute Gasteiger partial charge is 0.550 e. The van der Waals surface area contributed by atoms with Gasteiger partial charge in [0.2, 0.25) is 0 Å². The van der Waals surface area contributed by atoms with Gasteiger partial charge in [0.05, 0.1) is 7.11 Å². The van der Waals surface area contributed by atoms with Gasteiger partial charge in [0.25, 0.3) is 0 Å². The van der Waals surface area contributed by atoms with Gasteiger partial charge in [-0.25, -0.2) is 0 Å². The molecule has 0 aromatic heterocycles. The van der Waals surface area contributed by atoms with Crippen molar-refractivity contribution in [3.05, 3.63) is 42.0 Å². The van der Waals surface area contributed by atoms with Crippen LogP contribution in [0.5, 0.6) is 5.75 Å². The van der Waals surface area contributed by atoms with Gasteiger partial charge in [-0.05, 0) is 28.5 Å². The third-order valence-corrected chi connectivity index (χ3v) is 2.94. The zero-order chi connectivity index (χ0) is 12.4. The first-order valence-electron chi connectivity index (χ1n) is 5.41. The van der Waals surface area contributed by atoms with Gasteiger partial charge in [0.1, 0.15) is 5.75 Å². The summed E-state index contributed by atoms with van der Waals surface area (Å²) in [5.74, 6) is -0.920. The van der Waals surface area contributed by atoms with Crippen LogP contribution in [0.3, 0.4) is 0 Å². The van der Waals surface area contributed by atoms with E-state index in [2.05, 4.69) is 0 Å². The standard InChI is InChI=1S/C14H14O3.Na/c1-9(14(15)16)12-5-3-4-10-8-11(17-2)6-7-13(10)12;/h3-9H,1-2H3,(H,15,16);/q;+1/p-1. The minimum Gasteiger partial charge on any atom is -0.550 e. The number of methoxy groups -OCH3 is 1. The first-order chi connectivity index (χ1) is 8.13. The van der Waals surface area contributed by atoms with Crippen molar-refractivity contribution in [3.63, 3.8) is 0 Å². The fraction of sp³-hybridized carbons (Fsp3) is 0.214. The molecule has 0 aliphatic heterocycles. The van der Waals surface area contributed by atoms with Crippen molar-refractivity contribution in [3.8, 4) is 5.75 Å². The average Bonchev–Trinajstić information content (AvgIpc) is 2.36. The number of hydrogen-bond acceptors (Lipinski definition) is 3. The number of carboxylic acid groups (broad SMARTS) is 1. The zero-order valence-corrected chi connectivity index (χ0v) is 12.8. The van der Waals surface area contributed by atoms with Crippen molar-refractivity contribution in [1.29, 1.82) is 0 Å². The van der Waals surface area contributed by atoms with E-state index in [4.69, 9.17) is 4.74 Å². The van der Waals surface area contributed by atoms with Crippen LogP contribution in [0.1, 0.15) is 18.4 Å². The fourth-order valence-electron chi connectivity index (χ4n) is 1.92. The minimum absolute atomic E-state index is 0. The largest absolute Gasteiger partial charge is 1.00 e. The fourth-order valence-corrected chi connectivity index (χ4v) is 1.92. The Balaban J connectivity index is 0.00000162. The summed E-state index contributed by atoms with van der Waals surface area (Å²) in [5, 5.41) is 12.8. The van der Waals surface area contributed by atoms with E-state index in [1.54, 1.807) is 14.0 Å². The molecule has 0 aliphatic rings. The normalized spacial score (nSPS) is 11.7. The van der Waals surface area contributed by atoms with Crippen molar-refractivity contribution in [2.45, 2.75) is 12.8 Å². The molecular formula is C14H13NaO3. The molecule has 0 saturated carbocycles. The summed E-state index contributed by atoms with van der Waals surface area (Å²) in [4.78, 5) is 10.9. The molecule has 2 aromatic carbocycles. The van der Waals surface area contributed by atoms with Crippen molar-refractivity contribution < 1.29 is 44.2 Å². The summed E-state index contributed by atoms with van der Waals surface area (Å²) in [6.07, 6.45) is 0. The zero-order valence-electron chi connectivity index (χ0n) is 10.8. The average molecular weight is 252 g/mol. The maximum absolute atomic E-state index is 10.9. The molecule has 2 aromatic rings. The Hall–Kier alpha value is -1.03. The molecular weight excluding hydrogens is 239 g/mol. The van der Waals surface area contributed by atoms with Gasteiger partial charge in [0.15, 0.2) is 0 Å². The van der Waals surface area contributed by atoms with Gasteiger partial charge in [-0.2, -0.15) is 0 Å². The Morgan fingerprint density at radius 1 is 1.28 bits per heavy atom. The van der Waals surface area contributed by atoms with E-state index in [-0.39, 0.29) is 29.6 Å². The summed E-state index contributed by atoms with van der Waals surface area (Å²) in [6, 6.07) is 11.2. The molecule has 4 heteroatoms. The van der Waals surface area contributed by atoms with Gasteiger partial charge in [0, 0.05) is 11.9 Å². The van der Waals surface area contributed by atoms with Crippen LogP contribution in [0.25, 0.3) is 10.8 Å². The van der Waals surface area contributed by atoms with E-state index in [9.17, 15) is 9.90 Å². The third kappa shape index (κ3) is 2.86. The van der Waals surface area contributed by atoms with E-state index in [1.165, 1.54) is 0 Å². The summed E-state index contributed by atoms with van der Waals surface area (Å²) in [6.45, 7) is 1.63. The second kappa shape index (κ2) is 6.23. The molecule has 0 amide bonds. The molecule has 0 aliphatic carbocycles.